The van der Waals surface area contributed by atoms with Crippen molar-refractivity contribution in [1.82, 2.24) is 9.80 Å². The van der Waals surface area contributed by atoms with Crippen molar-refractivity contribution in [3.05, 3.63) is 35.4 Å². The van der Waals surface area contributed by atoms with Gasteiger partial charge in [-0.15, -0.1) is 0 Å². The Bertz CT molecular complexity index is 628. The van der Waals surface area contributed by atoms with Gasteiger partial charge in [-0.2, -0.15) is 0 Å². The van der Waals surface area contributed by atoms with Crippen LogP contribution in [0.3, 0.4) is 0 Å². The van der Waals surface area contributed by atoms with Crippen LogP contribution in [-0.4, -0.2) is 67.2 Å². The molecule has 0 bridgehead atoms. The van der Waals surface area contributed by atoms with Crippen LogP contribution in [0.4, 0.5) is 4.79 Å². The Hall–Kier alpha value is -2.57. The van der Waals surface area contributed by atoms with Crippen LogP contribution in [0.2, 0.25) is 0 Å². The van der Waals surface area contributed by atoms with Gasteiger partial charge >= 0.3 is 12.1 Å². The Kier molecular flexibility index (Phi) is 4.18. The summed E-state index contributed by atoms with van der Waals surface area (Å²) in [4.78, 5) is 38.9. The summed E-state index contributed by atoms with van der Waals surface area (Å²) in [5.74, 6) is -0.533. The lowest BCUT2D eigenvalue weighted by Crippen LogP contribution is -2.39. The van der Waals surface area contributed by atoms with Crippen LogP contribution in [-0.2, 0) is 9.47 Å². The second-order valence-corrected chi connectivity index (χ2v) is 5.57. The normalized spacial score (nSPS) is 20.6. The molecule has 0 unspecified atom stereocenters. The van der Waals surface area contributed by atoms with Crippen molar-refractivity contribution in [2.24, 2.45) is 0 Å². The van der Waals surface area contributed by atoms with Gasteiger partial charge in [-0.25, -0.2) is 9.59 Å². The fourth-order valence-electron chi connectivity index (χ4n) is 2.97. The van der Waals surface area contributed by atoms with E-state index in [2.05, 4.69) is 4.74 Å². The lowest BCUT2D eigenvalue weighted by molar-refractivity contribution is 0.0600. The maximum Gasteiger partial charge on any atom is 0.410 e. The molecule has 3 rings (SSSR count). The quantitative estimate of drug-likeness (QED) is 0.781. The van der Waals surface area contributed by atoms with Crippen LogP contribution in [0.15, 0.2) is 24.3 Å². The topological polar surface area (TPSA) is 76.2 Å². The van der Waals surface area contributed by atoms with Crippen LogP contribution >= 0.6 is 0 Å². The number of esters is 1. The van der Waals surface area contributed by atoms with E-state index >= 15 is 0 Å². The highest BCUT2D eigenvalue weighted by molar-refractivity contribution is 5.96. The first-order chi connectivity index (χ1) is 11.1. The van der Waals surface area contributed by atoms with E-state index in [4.69, 9.17) is 4.74 Å². The minimum Gasteiger partial charge on any atom is -0.465 e. The SMILES string of the molecule is COC(=O)c1ccc(C(=O)N2CC[C@@H](N3CCOC3=O)C2)cc1. The van der Waals surface area contributed by atoms with Crippen LogP contribution in [0, 0.1) is 0 Å². The van der Waals surface area contributed by atoms with Gasteiger partial charge in [0.25, 0.3) is 5.91 Å². The molecule has 2 saturated heterocycles. The van der Waals surface area contributed by atoms with Gasteiger partial charge in [-0.3, -0.25) is 9.69 Å². The number of rotatable bonds is 3. The van der Waals surface area contributed by atoms with E-state index in [9.17, 15) is 14.4 Å². The maximum absolute atomic E-state index is 12.5. The number of cyclic esters (lactones) is 1. The first kappa shape index (κ1) is 15.3. The smallest absolute Gasteiger partial charge is 0.410 e. The van der Waals surface area contributed by atoms with Crippen molar-refractivity contribution >= 4 is 18.0 Å². The minimum atomic E-state index is -0.433. The van der Waals surface area contributed by atoms with Crippen LogP contribution in [0.5, 0.6) is 0 Å². The molecule has 7 heteroatoms. The summed E-state index contributed by atoms with van der Waals surface area (Å²) in [6.07, 6.45) is 0.452. The third-order valence-electron chi connectivity index (χ3n) is 4.24. The lowest BCUT2D eigenvalue weighted by Gasteiger charge is -2.22. The van der Waals surface area contributed by atoms with E-state index in [1.165, 1.54) is 7.11 Å². The molecule has 0 saturated carbocycles. The molecule has 0 N–H and O–H groups in total. The number of methoxy groups -OCH3 is 1. The number of carbonyl (C=O) groups is 3. The van der Waals surface area contributed by atoms with E-state index in [0.717, 1.165) is 6.42 Å². The Morgan fingerprint density at radius 2 is 1.87 bits per heavy atom. The molecule has 0 aromatic heterocycles. The second kappa shape index (κ2) is 6.28. The highest BCUT2D eigenvalue weighted by atomic mass is 16.6. The van der Waals surface area contributed by atoms with Gasteiger partial charge in [0.1, 0.15) is 6.61 Å². The fourth-order valence-corrected chi connectivity index (χ4v) is 2.97. The molecule has 1 aromatic carbocycles. The average Bonchev–Trinajstić information content (AvgIpc) is 3.22. The molecule has 0 radical (unpaired) electrons. The Balaban J connectivity index is 1.64. The molecule has 1 atom stereocenters. The van der Waals surface area contributed by atoms with Gasteiger partial charge < -0.3 is 14.4 Å². The maximum atomic E-state index is 12.5. The first-order valence-electron chi connectivity index (χ1n) is 7.51. The molecular weight excluding hydrogens is 300 g/mol. The lowest BCUT2D eigenvalue weighted by atomic mass is 10.1. The average molecular weight is 318 g/mol. The summed E-state index contributed by atoms with van der Waals surface area (Å²) in [6.45, 7) is 2.11. The zero-order chi connectivity index (χ0) is 16.4. The van der Waals surface area contributed by atoms with Gasteiger partial charge in [-0.05, 0) is 30.7 Å². The van der Waals surface area contributed by atoms with Crippen molar-refractivity contribution in [3.8, 4) is 0 Å². The van der Waals surface area contributed by atoms with Gasteiger partial charge in [0.05, 0.1) is 25.3 Å². The number of likely N-dealkylation sites (tertiary alicyclic amines) is 1. The molecule has 0 spiro atoms. The molecular formula is C16H18N2O5. The number of benzene rings is 1. The molecule has 1 aromatic rings. The van der Waals surface area contributed by atoms with E-state index in [1.807, 2.05) is 0 Å². The Morgan fingerprint density at radius 1 is 1.17 bits per heavy atom. The highest BCUT2D eigenvalue weighted by Crippen LogP contribution is 2.21. The molecule has 2 heterocycles. The summed E-state index contributed by atoms with van der Waals surface area (Å²) < 4.78 is 9.58. The van der Waals surface area contributed by atoms with E-state index in [0.29, 0.717) is 37.4 Å². The van der Waals surface area contributed by atoms with Crippen molar-refractivity contribution in [2.45, 2.75) is 12.5 Å². The molecule has 2 fully saturated rings. The zero-order valence-electron chi connectivity index (χ0n) is 12.9. The Labute approximate surface area is 133 Å². The van der Waals surface area contributed by atoms with Gasteiger partial charge in [0, 0.05) is 18.7 Å². The minimum absolute atomic E-state index is 0.0169. The van der Waals surface area contributed by atoms with Crippen molar-refractivity contribution < 1.29 is 23.9 Å². The summed E-state index contributed by atoms with van der Waals surface area (Å²) in [5, 5.41) is 0. The highest BCUT2D eigenvalue weighted by Gasteiger charge is 2.36. The summed E-state index contributed by atoms with van der Waals surface area (Å²) >= 11 is 0. The van der Waals surface area contributed by atoms with Crippen molar-refractivity contribution in [3.63, 3.8) is 0 Å². The zero-order valence-corrected chi connectivity index (χ0v) is 12.9. The van der Waals surface area contributed by atoms with Crippen LogP contribution in [0.1, 0.15) is 27.1 Å². The number of carbonyl (C=O) groups excluding carboxylic acids is 3. The molecule has 2 amide bonds. The molecule has 122 valence electrons. The van der Waals surface area contributed by atoms with Crippen LogP contribution in [0.25, 0.3) is 0 Å². The largest absolute Gasteiger partial charge is 0.465 e. The molecule has 0 aliphatic carbocycles. The third-order valence-corrected chi connectivity index (χ3v) is 4.24. The van der Waals surface area contributed by atoms with E-state index in [-0.39, 0.29) is 18.0 Å². The summed E-state index contributed by atoms with van der Waals surface area (Å²) in [5.41, 5.74) is 0.922. The number of hydrogen-bond donors (Lipinski definition) is 0. The van der Waals surface area contributed by atoms with Gasteiger partial charge in [0.15, 0.2) is 0 Å². The standard InChI is InChI=1S/C16H18N2O5/c1-22-15(20)12-4-2-11(3-5-12)14(19)17-7-6-13(10-17)18-8-9-23-16(18)21/h2-5,13H,6-10H2,1H3/t13-/m1/s1. The van der Waals surface area contributed by atoms with Crippen molar-refractivity contribution in [1.29, 1.82) is 0 Å². The number of nitrogens with zero attached hydrogens (tertiary/aromatic N) is 2. The van der Waals surface area contributed by atoms with Crippen molar-refractivity contribution in [2.75, 3.05) is 33.4 Å². The van der Waals surface area contributed by atoms with Gasteiger partial charge in [0.2, 0.25) is 0 Å². The fraction of sp³-hybridized carbons (Fsp3) is 0.438. The van der Waals surface area contributed by atoms with E-state index in [1.54, 1.807) is 34.1 Å². The predicted molar refractivity (Wildman–Crippen MR) is 80.1 cm³/mol. The number of amides is 2. The number of ether oxygens (including phenoxy) is 2. The second-order valence-electron chi connectivity index (χ2n) is 5.57. The first-order valence-corrected chi connectivity index (χ1v) is 7.51. The van der Waals surface area contributed by atoms with Gasteiger partial charge in [-0.1, -0.05) is 0 Å². The summed E-state index contributed by atoms with van der Waals surface area (Å²) in [7, 11) is 1.31. The number of hydrogen-bond acceptors (Lipinski definition) is 5. The molecule has 23 heavy (non-hydrogen) atoms. The molecule has 2 aliphatic rings. The summed E-state index contributed by atoms with van der Waals surface area (Å²) in [6, 6.07) is 6.40. The Morgan fingerprint density at radius 3 is 2.48 bits per heavy atom. The molecule has 7 nitrogen and oxygen atoms in total. The monoisotopic (exact) mass is 318 g/mol. The third kappa shape index (κ3) is 2.99. The van der Waals surface area contributed by atoms with Crippen LogP contribution < -0.4 is 0 Å². The predicted octanol–water partition coefficient (Wildman–Crippen LogP) is 1.14. The molecule has 2 aliphatic heterocycles. The van der Waals surface area contributed by atoms with E-state index < -0.39 is 5.97 Å².